The summed E-state index contributed by atoms with van der Waals surface area (Å²) in [6, 6.07) is 19.3. The maximum atomic E-state index is 12.2. The molecule has 3 rings (SSSR count). The molecule has 148 valence electrons. The molecular weight excluding hydrogens is 372 g/mol. The lowest BCUT2D eigenvalue weighted by Gasteiger charge is -2.14. The topological polar surface area (TPSA) is 108 Å². The van der Waals surface area contributed by atoms with Gasteiger partial charge in [0.1, 0.15) is 5.75 Å². The number of hydrogen-bond donors (Lipinski definition) is 2. The molecule has 1 atom stereocenters. The standard InChI is InChI=1S/C22H20N2O5/c1-14(22(27)24-18-9-6-16(7-10-18)21(23)26)29-20(25)13-28-19-11-8-15-4-2-3-5-17(15)12-19/h2-12,14H,13H2,1H3,(H2,23,26)(H,24,27)/t14-/m0/s1. The molecule has 0 aromatic heterocycles. The monoisotopic (exact) mass is 392 g/mol. The number of carbonyl (C=O) groups is 3. The number of hydrogen-bond acceptors (Lipinski definition) is 5. The first-order valence-corrected chi connectivity index (χ1v) is 8.94. The summed E-state index contributed by atoms with van der Waals surface area (Å²) >= 11 is 0. The number of carbonyl (C=O) groups excluding carboxylic acids is 3. The largest absolute Gasteiger partial charge is 0.482 e. The minimum Gasteiger partial charge on any atom is -0.482 e. The van der Waals surface area contributed by atoms with Crippen LogP contribution in [0.5, 0.6) is 5.75 Å². The Balaban J connectivity index is 1.49. The number of ether oxygens (including phenoxy) is 2. The van der Waals surface area contributed by atoms with E-state index in [0.717, 1.165) is 10.8 Å². The van der Waals surface area contributed by atoms with Gasteiger partial charge in [-0.05, 0) is 54.1 Å². The van der Waals surface area contributed by atoms with Gasteiger partial charge in [0.05, 0.1) is 0 Å². The number of anilines is 1. The molecular formula is C22H20N2O5. The van der Waals surface area contributed by atoms with Gasteiger partial charge in [0.15, 0.2) is 12.7 Å². The third-order valence-electron chi connectivity index (χ3n) is 4.19. The van der Waals surface area contributed by atoms with Crippen LogP contribution in [0.1, 0.15) is 17.3 Å². The Kier molecular flexibility index (Phi) is 6.09. The van der Waals surface area contributed by atoms with Crippen molar-refractivity contribution in [2.45, 2.75) is 13.0 Å². The summed E-state index contributed by atoms with van der Waals surface area (Å²) in [5.41, 5.74) is 5.95. The summed E-state index contributed by atoms with van der Waals surface area (Å²) in [7, 11) is 0. The van der Waals surface area contributed by atoms with Crippen LogP contribution < -0.4 is 15.8 Å². The van der Waals surface area contributed by atoms with Crippen molar-refractivity contribution in [3.63, 3.8) is 0 Å². The molecule has 7 heteroatoms. The van der Waals surface area contributed by atoms with Crippen molar-refractivity contribution in [3.05, 3.63) is 72.3 Å². The second kappa shape index (κ2) is 8.88. The Hall–Kier alpha value is -3.87. The van der Waals surface area contributed by atoms with Gasteiger partial charge in [0.2, 0.25) is 5.91 Å². The van der Waals surface area contributed by atoms with Gasteiger partial charge < -0.3 is 20.5 Å². The van der Waals surface area contributed by atoms with Crippen LogP contribution in [0.15, 0.2) is 66.7 Å². The summed E-state index contributed by atoms with van der Waals surface area (Å²) in [4.78, 5) is 35.2. The Morgan fingerprint density at radius 1 is 0.966 bits per heavy atom. The van der Waals surface area contributed by atoms with Gasteiger partial charge in [0, 0.05) is 11.3 Å². The second-order valence-electron chi connectivity index (χ2n) is 6.36. The number of primary amides is 1. The zero-order chi connectivity index (χ0) is 20.8. The lowest BCUT2D eigenvalue weighted by molar-refractivity contribution is -0.155. The fraction of sp³-hybridized carbons (Fsp3) is 0.136. The molecule has 0 radical (unpaired) electrons. The molecule has 0 aliphatic carbocycles. The highest BCUT2D eigenvalue weighted by molar-refractivity contribution is 5.96. The van der Waals surface area contributed by atoms with E-state index in [9.17, 15) is 14.4 Å². The lowest BCUT2D eigenvalue weighted by Crippen LogP contribution is -2.31. The van der Waals surface area contributed by atoms with Gasteiger partial charge in [0.25, 0.3) is 5.91 Å². The molecule has 3 aromatic carbocycles. The Labute approximate surface area is 167 Å². The predicted octanol–water partition coefficient (Wildman–Crippen LogP) is 2.89. The summed E-state index contributed by atoms with van der Waals surface area (Å²) in [5, 5.41) is 4.66. The van der Waals surface area contributed by atoms with Crippen molar-refractivity contribution in [1.82, 2.24) is 0 Å². The predicted molar refractivity (Wildman–Crippen MR) is 109 cm³/mol. The molecule has 3 N–H and O–H groups in total. The van der Waals surface area contributed by atoms with Gasteiger partial charge in [-0.3, -0.25) is 9.59 Å². The molecule has 3 aromatic rings. The molecule has 2 amide bonds. The first-order valence-electron chi connectivity index (χ1n) is 8.94. The average molecular weight is 392 g/mol. The Bertz CT molecular complexity index is 1050. The first kappa shape index (κ1) is 19.9. The molecule has 0 saturated carbocycles. The molecule has 29 heavy (non-hydrogen) atoms. The van der Waals surface area contributed by atoms with Crippen LogP contribution in [0, 0.1) is 0 Å². The summed E-state index contributed by atoms with van der Waals surface area (Å²) in [6.07, 6.45) is -1.02. The summed E-state index contributed by atoms with van der Waals surface area (Å²) in [5.74, 6) is -1.19. The highest BCUT2D eigenvalue weighted by Gasteiger charge is 2.18. The van der Waals surface area contributed by atoms with Gasteiger partial charge in [-0.25, -0.2) is 4.79 Å². The van der Waals surface area contributed by atoms with E-state index >= 15 is 0 Å². The molecule has 0 aliphatic heterocycles. The van der Waals surface area contributed by atoms with Crippen LogP contribution in [0.25, 0.3) is 10.8 Å². The third kappa shape index (κ3) is 5.32. The Morgan fingerprint density at radius 2 is 1.66 bits per heavy atom. The second-order valence-corrected chi connectivity index (χ2v) is 6.36. The van der Waals surface area contributed by atoms with Gasteiger partial charge in [-0.1, -0.05) is 30.3 Å². The van der Waals surface area contributed by atoms with Crippen molar-refractivity contribution >= 4 is 34.2 Å². The van der Waals surface area contributed by atoms with E-state index in [4.69, 9.17) is 15.2 Å². The highest BCUT2D eigenvalue weighted by Crippen LogP contribution is 2.20. The average Bonchev–Trinajstić information content (AvgIpc) is 2.72. The number of amides is 2. The first-order chi connectivity index (χ1) is 13.9. The summed E-state index contributed by atoms with van der Waals surface area (Å²) < 4.78 is 10.6. The lowest BCUT2D eigenvalue weighted by atomic mass is 10.1. The van der Waals surface area contributed by atoms with Gasteiger partial charge >= 0.3 is 5.97 Å². The van der Waals surface area contributed by atoms with Crippen LogP contribution in [-0.4, -0.2) is 30.5 Å². The van der Waals surface area contributed by atoms with Crippen LogP contribution in [0.2, 0.25) is 0 Å². The van der Waals surface area contributed by atoms with Crippen molar-refractivity contribution in [3.8, 4) is 5.75 Å². The maximum Gasteiger partial charge on any atom is 0.344 e. The van der Waals surface area contributed by atoms with Crippen molar-refractivity contribution in [2.75, 3.05) is 11.9 Å². The number of benzene rings is 3. The molecule has 0 aliphatic rings. The normalized spacial score (nSPS) is 11.5. The number of rotatable bonds is 7. The zero-order valence-electron chi connectivity index (χ0n) is 15.8. The van der Waals surface area contributed by atoms with Gasteiger partial charge in [-0.15, -0.1) is 0 Å². The third-order valence-corrected chi connectivity index (χ3v) is 4.19. The zero-order valence-corrected chi connectivity index (χ0v) is 15.8. The molecule has 0 spiro atoms. The molecule has 0 unspecified atom stereocenters. The molecule has 0 bridgehead atoms. The van der Waals surface area contributed by atoms with E-state index in [0.29, 0.717) is 17.0 Å². The number of nitrogens with two attached hydrogens (primary N) is 1. The van der Waals surface area contributed by atoms with E-state index < -0.39 is 23.9 Å². The van der Waals surface area contributed by atoms with E-state index in [1.54, 1.807) is 6.07 Å². The number of fused-ring (bicyclic) bond motifs is 1. The molecule has 7 nitrogen and oxygen atoms in total. The maximum absolute atomic E-state index is 12.2. The van der Waals surface area contributed by atoms with E-state index in [-0.39, 0.29) is 6.61 Å². The van der Waals surface area contributed by atoms with Crippen molar-refractivity contribution in [1.29, 1.82) is 0 Å². The van der Waals surface area contributed by atoms with Crippen LogP contribution in [0.4, 0.5) is 5.69 Å². The molecule has 0 fully saturated rings. The van der Waals surface area contributed by atoms with Crippen LogP contribution >= 0.6 is 0 Å². The number of esters is 1. The quantitative estimate of drug-likeness (QED) is 0.601. The van der Waals surface area contributed by atoms with Crippen molar-refractivity contribution < 1.29 is 23.9 Å². The summed E-state index contributed by atoms with van der Waals surface area (Å²) in [6.45, 7) is 1.14. The fourth-order valence-corrected chi connectivity index (χ4v) is 2.65. The van der Waals surface area contributed by atoms with Crippen LogP contribution in [0.3, 0.4) is 0 Å². The van der Waals surface area contributed by atoms with E-state index in [2.05, 4.69) is 5.32 Å². The molecule has 0 saturated heterocycles. The van der Waals surface area contributed by atoms with Crippen molar-refractivity contribution in [2.24, 2.45) is 5.73 Å². The minimum atomic E-state index is -1.02. The fourth-order valence-electron chi connectivity index (χ4n) is 2.65. The SMILES string of the molecule is C[C@H](OC(=O)COc1ccc2ccccc2c1)C(=O)Nc1ccc(C(N)=O)cc1. The van der Waals surface area contributed by atoms with Crippen LogP contribution in [-0.2, 0) is 14.3 Å². The number of nitrogens with one attached hydrogen (secondary N) is 1. The Morgan fingerprint density at radius 3 is 2.34 bits per heavy atom. The van der Waals surface area contributed by atoms with Gasteiger partial charge in [-0.2, -0.15) is 0 Å². The smallest absolute Gasteiger partial charge is 0.344 e. The minimum absolute atomic E-state index is 0.316. The van der Waals surface area contributed by atoms with E-state index in [1.165, 1.54) is 31.2 Å². The van der Waals surface area contributed by atoms with E-state index in [1.807, 2.05) is 36.4 Å². The highest BCUT2D eigenvalue weighted by atomic mass is 16.6. The molecule has 0 heterocycles.